The van der Waals surface area contributed by atoms with Crippen molar-refractivity contribution in [2.45, 2.75) is 63.8 Å². The number of imidazole rings is 1. The van der Waals surface area contributed by atoms with Crippen LogP contribution in [0.25, 0.3) is 22.6 Å². The lowest BCUT2D eigenvalue weighted by molar-refractivity contribution is 0.174. The van der Waals surface area contributed by atoms with Gasteiger partial charge in [0.25, 0.3) is 0 Å². The van der Waals surface area contributed by atoms with Gasteiger partial charge in [0.05, 0.1) is 11.4 Å². The summed E-state index contributed by atoms with van der Waals surface area (Å²) in [6.07, 6.45) is 8.95. The Hall–Kier alpha value is -2.82. The fourth-order valence-electron chi connectivity index (χ4n) is 5.65. The Morgan fingerprint density at radius 3 is 2.60 bits per heavy atom. The van der Waals surface area contributed by atoms with Gasteiger partial charge in [0.2, 0.25) is 6.79 Å². The zero-order chi connectivity index (χ0) is 20.1. The van der Waals surface area contributed by atoms with E-state index >= 15 is 0 Å². The Kier molecular flexibility index (Phi) is 4.12. The molecule has 1 fully saturated rings. The number of hydrogen-bond acceptors (Lipinski definition) is 4. The highest BCUT2D eigenvalue weighted by Crippen LogP contribution is 2.49. The largest absolute Gasteiger partial charge is 0.454 e. The predicted octanol–water partition coefficient (Wildman–Crippen LogP) is 5.64. The third-order valence-corrected chi connectivity index (χ3v) is 7.07. The molecule has 1 spiro atoms. The number of pyridine rings is 1. The molecule has 5 heteroatoms. The molecule has 3 aromatic rings. The van der Waals surface area contributed by atoms with Gasteiger partial charge in [-0.15, -0.1) is 0 Å². The maximum Gasteiger partial charge on any atom is 0.231 e. The molecule has 3 aliphatic rings. The van der Waals surface area contributed by atoms with Crippen LogP contribution in [-0.4, -0.2) is 21.3 Å². The van der Waals surface area contributed by atoms with Gasteiger partial charge in [-0.1, -0.05) is 25.3 Å². The van der Waals surface area contributed by atoms with Crippen molar-refractivity contribution in [3.8, 4) is 34.1 Å². The lowest BCUT2D eigenvalue weighted by Gasteiger charge is -2.40. The summed E-state index contributed by atoms with van der Waals surface area (Å²) in [6, 6.07) is 12.5. The van der Waals surface area contributed by atoms with Crippen LogP contribution in [-0.2, 0) is 12.0 Å². The second-order valence-corrected chi connectivity index (χ2v) is 8.96. The van der Waals surface area contributed by atoms with E-state index in [1.165, 1.54) is 56.5 Å². The summed E-state index contributed by atoms with van der Waals surface area (Å²) in [5, 5.41) is 0. The van der Waals surface area contributed by atoms with Crippen molar-refractivity contribution in [1.29, 1.82) is 0 Å². The predicted molar refractivity (Wildman–Crippen MR) is 116 cm³/mol. The van der Waals surface area contributed by atoms with Gasteiger partial charge < -0.3 is 14.0 Å². The monoisotopic (exact) mass is 401 g/mol. The van der Waals surface area contributed by atoms with Crippen LogP contribution in [0.3, 0.4) is 0 Å². The zero-order valence-corrected chi connectivity index (χ0v) is 17.5. The number of benzene rings is 1. The molecule has 0 radical (unpaired) electrons. The van der Waals surface area contributed by atoms with E-state index in [9.17, 15) is 0 Å². The van der Waals surface area contributed by atoms with E-state index in [-0.39, 0.29) is 5.41 Å². The highest BCUT2D eigenvalue weighted by molar-refractivity contribution is 5.79. The van der Waals surface area contributed by atoms with Crippen molar-refractivity contribution < 1.29 is 9.47 Å². The first kappa shape index (κ1) is 18.0. The summed E-state index contributed by atoms with van der Waals surface area (Å²) in [4.78, 5) is 10.2. The van der Waals surface area contributed by atoms with Gasteiger partial charge >= 0.3 is 0 Å². The molecule has 0 atom stereocenters. The molecule has 0 N–H and O–H groups in total. The second-order valence-electron chi connectivity index (χ2n) is 8.96. The minimum Gasteiger partial charge on any atom is -0.454 e. The van der Waals surface area contributed by atoms with Gasteiger partial charge in [-0.2, -0.15) is 0 Å². The Morgan fingerprint density at radius 2 is 1.73 bits per heavy atom. The Morgan fingerprint density at radius 1 is 0.900 bits per heavy atom. The molecular formula is C25H27N3O2. The van der Waals surface area contributed by atoms with E-state index in [0.717, 1.165) is 40.7 Å². The average molecular weight is 402 g/mol. The zero-order valence-electron chi connectivity index (χ0n) is 17.5. The number of aromatic nitrogens is 3. The minimum absolute atomic E-state index is 0.226. The van der Waals surface area contributed by atoms with Crippen molar-refractivity contribution in [1.82, 2.24) is 14.5 Å². The van der Waals surface area contributed by atoms with Gasteiger partial charge in [-0.05, 0) is 62.9 Å². The molecule has 4 heterocycles. The van der Waals surface area contributed by atoms with Crippen molar-refractivity contribution in [2.24, 2.45) is 0 Å². The van der Waals surface area contributed by atoms with E-state index in [2.05, 4.69) is 28.8 Å². The third-order valence-electron chi connectivity index (χ3n) is 7.07. The summed E-state index contributed by atoms with van der Waals surface area (Å²) in [5.74, 6) is 2.91. The number of fused-ring (bicyclic) bond motifs is 3. The summed E-state index contributed by atoms with van der Waals surface area (Å²) in [5.41, 5.74) is 5.50. The van der Waals surface area contributed by atoms with Crippen LogP contribution in [0.15, 0.2) is 36.4 Å². The maximum atomic E-state index is 5.69. The van der Waals surface area contributed by atoms with Crippen LogP contribution in [0, 0.1) is 6.92 Å². The molecule has 1 aliphatic carbocycles. The van der Waals surface area contributed by atoms with E-state index in [4.69, 9.17) is 19.4 Å². The number of rotatable bonds is 2. The van der Waals surface area contributed by atoms with E-state index in [1.54, 1.807) is 0 Å². The van der Waals surface area contributed by atoms with E-state index < -0.39 is 0 Å². The molecule has 0 amide bonds. The number of aryl methyl sites for hydroxylation is 1. The van der Waals surface area contributed by atoms with Crippen LogP contribution in [0.5, 0.6) is 11.5 Å². The molecule has 30 heavy (non-hydrogen) atoms. The van der Waals surface area contributed by atoms with Crippen molar-refractivity contribution >= 4 is 0 Å². The topological polar surface area (TPSA) is 49.2 Å². The molecule has 6 rings (SSSR count). The molecule has 1 saturated carbocycles. The average Bonchev–Trinajstić information content (AvgIpc) is 3.39. The molecule has 0 unspecified atom stereocenters. The Labute approximate surface area is 177 Å². The third kappa shape index (κ3) is 2.75. The van der Waals surface area contributed by atoms with Crippen LogP contribution in [0.4, 0.5) is 0 Å². The fraction of sp³-hybridized carbons (Fsp3) is 0.440. The first-order valence-corrected chi connectivity index (χ1v) is 11.2. The normalized spacial score (nSPS) is 19.1. The quantitative estimate of drug-likeness (QED) is 0.557. The van der Waals surface area contributed by atoms with Crippen LogP contribution < -0.4 is 9.47 Å². The smallest absolute Gasteiger partial charge is 0.231 e. The molecular weight excluding hydrogens is 374 g/mol. The molecule has 2 aliphatic heterocycles. The summed E-state index contributed by atoms with van der Waals surface area (Å²) >= 11 is 0. The van der Waals surface area contributed by atoms with Gasteiger partial charge in [0.15, 0.2) is 11.5 Å². The first-order valence-electron chi connectivity index (χ1n) is 11.2. The second kappa shape index (κ2) is 6.86. The van der Waals surface area contributed by atoms with Crippen molar-refractivity contribution in [3.05, 3.63) is 47.9 Å². The Bertz CT molecular complexity index is 1110. The Balaban J connectivity index is 1.59. The summed E-state index contributed by atoms with van der Waals surface area (Å²) in [6.45, 7) is 3.35. The van der Waals surface area contributed by atoms with Crippen molar-refractivity contribution in [3.63, 3.8) is 0 Å². The van der Waals surface area contributed by atoms with Gasteiger partial charge in [-0.3, -0.25) is 4.98 Å². The lowest BCUT2D eigenvalue weighted by atomic mass is 9.69. The maximum absolute atomic E-state index is 5.69. The highest BCUT2D eigenvalue weighted by Gasteiger charge is 2.41. The molecule has 154 valence electrons. The van der Waals surface area contributed by atoms with Crippen molar-refractivity contribution in [2.75, 3.05) is 6.79 Å². The highest BCUT2D eigenvalue weighted by atomic mass is 16.7. The molecule has 2 aromatic heterocycles. The fourth-order valence-corrected chi connectivity index (χ4v) is 5.65. The van der Waals surface area contributed by atoms with E-state index in [0.29, 0.717) is 6.79 Å². The minimum atomic E-state index is 0.226. The lowest BCUT2D eigenvalue weighted by Crippen LogP contribution is -2.36. The summed E-state index contributed by atoms with van der Waals surface area (Å²) < 4.78 is 13.7. The number of hydrogen-bond donors (Lipinski definition) is 0. The van der Waals surface area contributed by atoms with E-state index in [1.807, 2.05) is 19.1 Å². The number of ether oxygens (including phenoxy) is 2. The first-order chi connectivity index (χ1) is 14.7. The molecule has 1 aromatic carbocycles. The SMILES string of the molecule is Cc1cccc(-c2nc3n(c2-c2ccc4c(c2)OCO4)CCCC32CCCCC2)n1. The standard InChI is InChI=1S/C25H27N3O2/c1-17-7-5-8-19(26-17)22-23(18-9-10-20-21(15-18)30-16-29-20)28-14-6-13-25(24(28)27-22)11-3-2-4-12-25/h5,7-10,15H,2-4,6,11-14,16H2,1H3. The van der Waals surface area contributed by atoms with Gasteiger partial charge in [0, 0.05) is 23.2 Å². The molecule has 0 bridgehead atoms. The molecule has 5 nitrogen and oxygen atoms in total. The van der Waals surface area contributed by atoms with Gasteiger partial charge in [-0.25, -0.2) is 4.98 Å². The van der Waals surface area contributed by atoms with Crippen LogP contribution in [0.1, 0.15) is 56.5 Å². The van der Waals surface area contributed by atoms with Gasteiger partial charge in [0.1, 0.15) is 11.5 Å². The summed E-state index contributed by atoms with van der Waals surface area (Å²) in [7, 11) is 0. The molecule has 0 saturated heterocycles. The van der Waals surface area contributed by atoms with Crippen LogP contribution >= 0.6 is 0 Å². The number of nitrogens with zero attached hydrogens (tertiary/aromatic N) is 3. The van der Waals surface area contributed by atoms with Crippen LogP contribution in [0.2, 0.25) is 0 Å².